The Morgan fingerprint density at radius 2 is 1.80 bits per heavy atom. The van der Waals surface area contributed by atoms with E-state index in [1.54, 1.807) is 0 Å². The molecule has 0 saturated heterocycles. The van der Waals surface area contributed by atoms with Gasteiger partial charge in [0.15, 0.2) is 0 Å². The Balaban J connectivity index is 2.54. The van der Waals surface area contributed by atoms with Gasteiger partial charge in [0, 0.05) is 0 Å². The molecule has 0 aromatic heterocycles. The molecule has 0 radical (unpaired) electrons. The summed E-state index contributed by atoms with van der Waals surface area (Å²) in [6.07, 6.45) is 0. The fourth-order valence-electron chi connectivity index (χ4n) is 0. The van der Waals surface area contributed by atoms with Crippen LogP contribution < -0.4 is 0 Å². The van der Waals surface area contributed by atoms with Gasteiger partial charge in [0.1, 0.15) is 0 Å². The second kappa shape index (κ2) is 2.27. The smallest absolute Gasteiger partial charge is 0.273 e. The van der Waals surface area contributed by atoms with Crippen LogP contribution in [-0.2, 0) is 0 Å². The maximum atomic E-state index is 8.14. The highest BCUT2D eigenvalue weighted by Gasteiger charge is 1.86. The summed E-state index contributed by atoms with van der Waals surface area (Å²) in [5.74, 6) is 0.440. The van der Waals surface area contributed by atoms with Gasteiger partial charge in [-0.1, -0.05) is 13.8 Å². The second-order valence-corrected chi connectivity index (χ2v) is 1.58. The summed E-state index contributed by atoms with van der Waals surface area (Å²) in [7, 11) is 0.306. The topological polar surface area (TPSA) is 20.2 Å². The molecule has 0 spiro atoms. The van der Waals surface area contributed by atoms with Crippen LogP contribution in [0.3, 0.4) is 0 Å². The van der Waals surface area contributed by atoms with Crippen molar-refractivity contribution in [1.29, 1.82) is 0 Å². The molecule has 0 saturated carbocycles. The lowest BCUT2D eigenvalue weighted by Crippen LogP contribution is -1.89. The molecule has 0 atom stereocenters. The first-order valence-electron chi connectivity index (χ1n) is 1.88. The fourth-order valence-corrected chi connectivity index (χ4v) is 0. The molecule has 0 aromatic rings. The van der Waals surface area contributed by atoms with E-state index in [9.17, 15) is 0 Å². The molecule has 0 fully saturated rings. The summed E-state index contributed by atoms with van der Waals surface area (Å²) in [5.41, 5.74) is 0. The van der Waals surface area contributed by atoms with Crippen LogP contribution in [0.25, 0.3) is 0 Å². The van der Waals surface area contributed by atoms with E-state index in [0.29, 0.717) is 13.3 Å². The number of hydrogen-bond acceptors (Lipinski definition) is 1. The van der Waals surface area contributed by atoms with Crippen molar-refractivity contribution in [3.63, 3.8) is 0 Å². The van der Waals surface area contributed by atoms with E-state index < -0.39 is 0 Å². The van der Waals surface area contributed by atoms with Gasteiger partial charge in [0.05, 0.1) is 0 Å². The maximum absolute atomic E-state index is 8.14. The largest absolute Gasteiger partial charge is 0.454 e. The minimum Gasteiger partial charge on any atom is -0.454 e. The first-order chi connectivity index (χ1) is 2.27. The molecule has 0 unspecified atom stereocenters. The summed E-state index contributed by atoms with van der Waals surface area (Å²) < 4.78 is 0. The van der Waals surface area contributed by atoms with Gasteiger partial charge in [0.25, 0.3) is 7.48 Å². The Bertz CT molecular complexity index is 20.9. The zero-order chi connectivity index (χ0) is 4.28. The lowest BCUT2D eigenvalue weighted by atomic mass is 9.85. The first kappa shape index (κ1) is 5.02. The highest BCUT2D eigenvalue weighted by molar-refractivity contribution is 6.27. The summed E-state index contributed by atoms with van der Waals surface area (Å²) >= 11 is 0. The zero-order valence-corrected chi connectivity index (χ0v) is 3.73. The summed E-state index contributed by atoms with van der Waals surface area (Å²) in [5, 5.41) is 8.14. The second-order valence-electron chi connectivity index (χ2n) is 1.58. The van der Waals surface area contributed by atoms with Crippen LogP contribution in [-0.4, -0.2) is 12.5 Å². The summed E-state index contributed by atoms with van der Waals surface area (Å²) in [6.45, 7) is 3.94. The maximum Gasteiger partial charge on any atom is 0.273 e. The average molecular weight is 71.9 g/mol. The minimum atomic E-state index is 0.306. The quantitative estimate of drug-likeness (QED) is 0.437. The van der Waals surface area contributed by atoms with Gasteiger partial charge < -0.3 is 5.02 Å². The minimum absolute atomic E-state index is 0.306. The van der Waals surface area contributed by atoms with Gasteiger partial charge in [-0.2, -0.15) is 0 Å². The van der Waals surface area contributed by atoms with Gasteiger partial charge in [-0.3, -0.25) is 0 Å². The van der Waals surface area contributed by atoms with Crippen LogP contribution in [0.1, 0.15) is 13.8 Å². The van der Waals surface area contributed by atoms with Crippen molar-refractivity contribution in [3.05, 3.63) is 0 Å². The van der Waals surface area contributed by atoms with Crippen molar-refractivity contribution >= 4 is 7.48 Å². The number of rotatable bonds is 1. The fraction of sp³-hybridized carbons (Fsp3) is 1.00. The molecule has 0 bridgehead atoms. The third-order valence-electron chi connectivity index (χ3n) is 0.365. The third kappa shape index (κ3) is 4.02. The van der Waals surface area contributed by atoms with Crippen molar-refractivity contribution in [1.82, 2.24) is 0 Å². The lowest BCUT2D eigenvalue weighted by Gasteiger charge is -1.86. The Labute approximate surface area is 33.3 Å². The molecular formula is C3H9BO. The van der Waals surface area contributed by atoms with Crippen LogP contribution in [0.2, 0.25) is 5.82 Å². The predicted octanol–water partition coefficient (Wildman–Crippen LogP) is 0.158. The highest BCUT2D eigenvalue weighted by atomic mass is 16.2. The van der Waals surface area contributed by atoms with E-state index in [1.807, 2.05) is 13.8 Å². The molecule has 0 aromatic carbocycles. The predicted molar refractivity (Wildman–Crippen MR) is 24.5 cm³/mol. The van der Waals surface area contributed by atoms with Gasteiger partial charge in [-0.25, -0.2) is 0 Å². The standard InChI is InChI=1S/C3H9BO/c1-3(2)4-5/h3-5H,1-2H3. The van der Waals surface area contributed by atoms with E-state index in [1.165, 1.54) is 0 Å². The molecule has 0 heterocycles. The van der Waals surface area contributed by atoms with Crippen LogP contribution in [0.15, 0.2) is 0 Å². The van der Waals surface area contributed by atoms with Crippen LogP contribution in [0.4, 0.5) is 0 Å². The van der Waals surface area contributed by atoms with Gasteiger partial charge in [-0.15, -0.1) is 0 Å². The third-order valence-corrected chi connectivity index (χ3v) is 0.365. The van der Waals surface area contributed by atoms with Crippen LogP contribution in [0, 0.1) is 0 Å². The van der Waals surface area contributed by atoms with Crippen molar-refractivity contribution < 1.29 is 5.02 Å². The zero-order valence-electron chi connectivity index (χ0n) is 3.73. The van der Waals surface area contributed by atoms with Crippen molar-refractivity contribution in [3.8, 4) is 0 Å². The molecule has 5 heavy (non-hydrogen) atoms. The highest BCUT2D eigenvalue weighted by Crippen LogP contribution is 1.90. The Morgan fingerprint density at radius 3 is 1.80 bits per heavy atom. The normalized spacial score (nSPS) is 8.80. The van der Waals surface area contributed by atoms with Crippen molar-refractivity contribution in [2.75, 3.05) is 0 Å². The van der Waals surface area contributed by atoms with E-state index in [2.05, 4.69) is 0 Å². The Kier molecular flexibility index (Phi) is 2.28. The number of hydrogen-bond donors (Lipinski definition) is 1. The van der Waals surface area contributed by atoms with E-state index in [4.69, 9.17) is 5.02 Å². The van der Waals surface area contributed by atoms with Gasteiger partial charge in [0.2, 0.25) is 0 Å². The Morgan fingerprint density at radius 1 is 1.60 bits per heavy atom. The summed E-state index contributed by atoms with van der Waals surface area (Å²) in [4.78, 5) is 0. The molecule has 0 aliphatic heterocycles. The summed E-state index contributed by atoms with van der Waals surface area (Å²) in [6, 6.07) is 0. The van der Waals surface area contributed by atoms with E-state index in [0.717, 1.165) is 0 Å². The molecule has 30 valence electrons. The monoisotopic (exact) mass is 72.1 g/mol. The van der Waals surface area contributed by atoms with Gasteiger partial charge in [-0.05, 0) is 5.82 Å². The molecule has 2 heteroatoms. The molecule has 1 nitrogen and oxygen atoms in total. The molecule has 0 rings (SSSR count). The average Bonchev–Trinajstić information content (AvgIpc) is 1.38. The van der Waals surface area contributed by atoms with Crippen LogP contribution >= 0.6 is 0 Å². The van der Waals surface area contributed by atoms with Crippen LogP contribution in [0.5, 0.6) is 0 Å². The van der Waals surface area contributed by atoms with Gasteiger partial charge >= 0.3 is 0 Å². The molecule has 0 aliphatic carbocycles. The SMILES string of the molecule is CC(C)BO. The molecule has 0 amide bonds. The van der Waals surface area contributed by atoms with E-state index >= 15 is 0 Å². The molecule has 1 N–H and O–H groups in total. The van der Waals surface area contributed by atoms with Crippen molar-refractivity contribution in [2.24, 2.45) is 0 Å². The Hall–Kier alpha value is 0.0249. The molecular weight excluding hydrogens is 62.8 g/mol. The lowest BCUT2D eigenvalue weighted by molar-refractivity contribution is 0.587. The van der Waals surface area contributed by atoms with Crippen molar-refractivity contribution in [2.45, 2.75) is 19.7 Å². The molecule has 0 aliphatic rings. The first-order valence-corrected chi connectivity index (χ1v) is 1.88. The van der Waals surface area contributed by atoms with E-state index in [-0.39, 0.29) is 0 Å².